The molecule has 1 aliphatic heterocycles. The van der Waals surface area contributed by atoms with Crippen molar-refractivity contribution in [3.8, 4) is 11.1 Å². The highest BCUT2D eigenvalue weighted by atomic mass is 16.4. The minimum Gasteiger partial charge on any atom is -0.480 e. The summed E-state index contributed by atoms with van der Waals surface area (Å²) >= 11 is 0. The van der Waals surface area contributed by atoms with E-state index >= 15 is 0 Å². The van der Waals surface area contributed by atoms with Gasteiger partial charge < -0.3 is 15.7 Å². The molecule has 2 amide bonds. The van der Waals surface area contributed by atoms with Crippen LogP contribution in [-0.2, 0) is 4.79 Å². The van der Waals surface area contributed by atoms with E-state index < -0.39 is 5.97 Å². The van der Waals surface area contributed by atoms with Crippen LogP contribution in [0.2, 0.25) is 0 Å². The van der Waals surface area contributed by atoms with Crippen LogP contribution >= 0.6 is 0 Å². The number of nitrogens with zero attached hydrogens (tertiary/aromatic N) is 2. The summed E-state index contributed by atoms with van der Waals surface area (Å²) in [6.45, 7) is 0.591. The molecular weight excluding hydrogens is 320 g/mol. The third-order valence-electron chi connectivity index (χ3n) is 4.13. The van der Waals surface area contributed by atoms with E-state index in [0.29, 0.717) is 18.7 Å². The van der Waals surface area contributed by atoms with Crippen LogP contribution in [0.5, 0.6) is 0 Å². The summed E-state index contributed by atoms with van der Waals surface area (Å²) in [5.41, 5.74) is 8.82. The second-order valence-electron chi connectivity index (χ2n) is 5.79. The predicted molar refractivity (Wildman–Crippen MR) is 94.8 cm³/mol. The van der Waals surface area contributed by atoms with Crippen molar-refractivity contribution in [2.24, 2.45) is 5.73 Å². The van der Waals surface area contributed by atoms with Gasteiger partial charge in [0.25, 0.3) is 0 Å². The first kappa shape index (κ1) is 16.5. The summed E-state index contributed by atoms with van der Waals surface area (Å²) in [5.74, 6) is -0.986. The fraction of sp³-hybridized carbons (Fsp3) is 0.167. The van der Waals surface area contributed by atoms with Crippen molar-refractivity contribution >= 4 is 23.5 Å². The summed E-state index contributed by atoms with van der Waals surface area (Å²) in [6, 6.07) is 14.6. The van der Waals surface area contributed by atoms with Crippen molar-refractivity contribution in [3.63, 3.8) is 0 Å². The van der Waals surface area contributed by atoms with Crippen molar-refractivity contribution in [2.45, 2.75) is 0 Å². The number of nitrogen functional groups attached to an aromatic ring is 1. The standard InChI is InChI=1S/C18H18N4O3/c19-17(20)14-3-1-12(2-4-14)13-5-7-15(8-6-13)22-10-9-21(18(22)25)11-16(23)24/h1-8H,9-11H2,(H3,19,20)(H,23,24). The van der Waals surface area contributed by atoms with E-state index in [1.54, 1.807) is 17.0 Å². The topological polar surface area (TPSA) is 111 Å². The maximum atomic E-state index is 12.3. The van der Waals surface area contributed by atoms with Crippen LogP contribution in [0.25, 0.3) is 11.1 Å². The van der Waals surface area contributed by atoms with Crippen LogP contribution in [0.3, 0.4) is 0 Å². The average molecular weight is 338 g/mol. The monoisotopic (exact) mass is 338 g/mol. The molecule has 0 radical (unpaired) electrons. The zero-order valence-electron chi connectivity index (χ0n) is 13.5. The lowest BCUT2D eigenvalue weighted by atomic mass is 10.0. The van der Waals surface area contributed by atoms with Gasteiger partial charge in [-0.1, -0.05) is 36.4 Å². The number of rotatable bonds is 5. The van der Waals surface area contributed by atoms with E-state index in [2.05, 4.69) is 0 Å². The van der Waals surface area contributed by atoms with Crippen LogP contribution in [0.4, 0.5) is 10.5 Å². The lowest BCUT2D eigenvalue weighted by Crippen LogP contribution is -2.35. The molecule has 1 aliphatic rings. The summed E-state index contributed by atoms with van der Waals surface area (Å²) in [7, 11) is 0. The van der Waals surface area contributed by atoms with Gasteiger partial charge in [-0.2, -0.15) is 0 Å². The highest BCUT2D eigenvalue weighted by Gasteiger charge is 2.30. The molecule has 4 N–H and O–H groups in total. The van der Waals surface area contributed by atoms with Crippen LogP contribution in [0, 0.1) is 5.41 Å². The van der Waals surface area contributed by atoms with Crippen molar-refractivity contribution in [3.05, 3.63) is 54.1 Å². The third kappa shape index (κ3) is 3.45. The normalized spacial score (nSPS) is 14.0. The fourth-order valence-electron chi connectivity index (χ4n) is 2.81. The number of carbonyl (C=O) groups excluding carboxylic acids is 1. The maximum absolute atomic E-state index is 12.3. The number of nitrogens with two attached hydrogens (primary N) is 1. The van der Waals surface area contributed by atoms with Crippen molar-refractivity contribution in [1.82, 2.24) is 4.90 Å². The van der Waals surface area contributed by atoms with Crippen LogP contribution in [0.1, 0.15) is 5.56 Å². The Hall–Kier alpha value is -3.35. The van der Waals surface area contributed by atoms with Crippen LogP contribution < -0.4 is 10.6 Å². The second kappa shape index (κ2) is 6.64. The minimum atomic E-state index is -1.01. The Kier molecular flexibility index (Phi) is 4.38. The zero-order valence-corrected chi connectivity index (χ0v) is 13.5. The minimum absolute atomic E-state index is 0.0281. The molecule has 0 spiro atoms. The number of nitrogens with one attached hydrogen (secondary N) is 1. The zero-order chi connectivity index (χ0) is 18.0. The smallest absolute Gasteiger partial charge is 0.325 e. The highest BCUT2D eigenvalue weighted by molar-refractivity contribution is 5.96. The molecule has 7 nitrogen and oxygen atoms in total. The van der Waals surface area contributed by atoms with Gasteiger partial charge in [0.1, 0.15) is 12.4 Å². The molecule has 3 rings (SSSR count). The average Bonchev–Trinajstić information content (AvgIpc) is 2.95. The molecule has 2 aromatic carbocycles. The number of hydrogen-bond acceptors (Lipinski definition) is 3. The van der Waals surface area contributed by atoms with Crippen LogP contribution in [-0.4, -0.2) is 47.5 Å². The summed E-state index contributed by atoms with van der Waals surface area (Å²) < 4.78 is 0. The molecular formula is C18H18N4O3. The first-order valence-corrected chi connectivity index (χ1v) is 7.79. The molecule has 0 aliphatic carbocycles. The van der Waals surface area contributed by atoms with E-state index in [-0.39, 0.29) is 18.4 Å². The van der Waals surface area contributed by atoms with Gasteiger partial charge in [0.15, 0.2) is 0 Å². The lowest BCUT2D eigenvalue weighted by Gasteiger charge is -2.17. The number of amides is 2. The van der Waals surface area contributed by atoms with E-state index in [4.69, 9.17) is 16.2 Å². The number of anilines is 1. The van der Waals surface area contributed by atoms with Crippen molar-refractivity contribution in [2.75, 3.05) is 24.5 Å². The largest absolute Gasteiger partial charge is 0.480 e. The van der Waals surface area contributed by atoms with Crippen LogP contribution in [0.15, 0.2) is 48.5 Å². The predicted octanol–water partition coefficient (Wildman–Crippen LogP) is 1.96. The molecule has 0 unspecified atom stereocenters. The molecule has 0 bridgehead atoms. The summed E-state index contributed by atoms with van der Waals surface area (Å²) in [6.07, 6.45) is 0. The Labute approximate surface area is 144 Å². The molecule has 7 heteroatoms. The van der Waals surface area contributed by atoms with Gasteiger partial charge in [0.05, 0.1) is 0 Å². The highest BCUT2D eigenvalue weighted by Crippen LogP contribution is 2.25. The first-order valence-electron chi connectivity index (χ1n) is 7.79. The van der Waals surface area contributed by atoms with Crippen molar-refractivity contribution in [1.29, 1.82) is 5.41 Å². The number of carboxylic acid groups (broad SMARTS) is 1. The summed E-state index contributed by atoms with van der Waals surface area (Å²) in [4.78, 5) is 25.9. The summed E-state index contributed by atoms with van der Waals surface area (Å²) in [5, 5.41) is 16.2. The fourth-order valence-corrected chi connectivity index (χ4v) is 2.81. The quantitative estimate of drug-likeness (QED) is 0.571. The molecule has 0 atom stereocenters. The number of benzene rings is 2. The van der Waals surface area contributed by atoms with Gasteiger partial charge in [0, 0.05) is 24.3 Å². The van der Waals surface area contributed by atoms with Gasteiger partial charge in [-0.05, 0) is 23.3 Å². The number of aliphatic carboxylic acids is 1. The van der Waals surface area contributed by atoms with E-state index in [1.807, 2.05) is 36.4 Å². The van der Waals surface area contributed by atoms with E-state index in [1.165, 1.54) is 4.90 Å². The number of hydrogen-bond donors (Lipinski definition) is 3. The Morgan fingerprint density at radius 3 is 2.12 bits per heavy atom. The van der Waals surface area contributed by atoms with Gasteiger partial charge in [-0.3, -0.25) is 15.1 Å². The van der Waals surface area contributed by atoms with E-state index in [9.17, 15) is 9.59 Å². The van der Waals surface area contributed by atoms with Gasteiger partial charge in [0.2, 0.25) is 0 Å². The molecule has 1 fully saturated rings. The molecule has 1 saturated heterocycles. The number of carboxylic acids is 1. The first-order chi connectivity index (χ1) is 12.0. The number of carbonyl (C=O) groups is 2. The molecule has 0 saturated carbocycles. The molecule has 0 aromatic heterocycles. The van der Waals surface area contributed by atoms with Crippen molar-refractivity contribution < 1.29 is 14.7 Å². The molecule has 25 heavy (non-hydrogen) atoms. The Bertz CT molecular complexity index is 815. The molecule has 128 valence electrons. The lowest BCUT2D eigenvalue weighted by molar-refractivity contribution is -0.137. The third-order valence-corrected chi connectivity index (χ3v) is 4.13. The maximum Gasteiger partial charge on any atom is 0.325 e. The SMILES string of the molecule is N=C(N)c1ccc(-c2ccc(N3CCN(CC(=O)O)C3=O)cc2)cc1. The Morgan fingerprint density at radius 1 is 1.04 bits per heavy atom. The Balaban J connectivity index is 1.75. The van der Waals surface area contributed by atoms with Gasteiger partial charge >= 0.3 is 12.0 Å². The second-order valence-corrected chi connectivity index (χ2v) is 5.79. The molecule has 2 aromatic rings. The van der Waals surface area contributed by atoms with E-state index in [0.717, 1.165) is 16.8 Å². The van der Waals surface area contributed by atoms with Gasteiger partial charge in [-0.15, -0.1) is 0 Å². The van der Waals surface area contributed by atoms with Gasteiger partial charge in [-0.25, -0.2) is 4.79 Å². The number of amidine groups is 1. The Morgan fingerprint density at radius 2 is 1.60 bits per heavy atom. The molecule has 1 heterocycles. The number of urea groups is 1.